The molecule has 3 aliphatic heterocycles. The molecule has 0 unspecified atom stereocenters. The molecule has 11 N–H and O–H groups in total. The van der Waals surface area contributed by atoms with Crippen LogP contribution in [0.4, 0.5) is 0 Å². The number of amides is 1. The van der Waals surface area contributed by atoms with Crippen LogP contribution in [0.5, 0.6) is 0 Å². The highest BCUT2D eigenvalue weighted by molar-refractivity contribution is 5.74. The van der Waals surface area contributed by atoms with Gasteiger partial charge in [-0.1, -0.05) is 0 Å². The van der Waals surface area contributed by atoms with Crippen molar-refractivity contribution in [2.75, 3.05) is 6.61 Å². The average Bonchev–Trinajstić information content (AvgIpc) is 2.86. The lowest BCUT2D eigenvalue weighted by atomic mass is 9.94. The van der Waals surface area contributed by atoms with Gasteiger partial charge in [-0.2, -0.15) is 0 Å². The normalized spacial score (nSPS) is 46.8. The van der Waals surface area contributed by atoms with Gasteiger partial charge in [-0.05, 0) is 0 Å². The van der Waals surface area contributed by atoms with Crippen LogP contribution in [0.1, 0.15) is 6.92 Å². The van der Waals surface area contributed by atoms with Crippen LogP contribution >= 0.6 is 0 Å². The first-order valence-electron chi connectivity index (χ1n) is 11.6. The predicted molar refractivity (Wildman–Crippen MR) is 114 cm³/mol. The summed E-state index contributed by atoms with van der Waals surface area (Å²) in [6.45, 7) is 0.0534. The minimum Gasteiger partial charge on any atom is -0.479 e. The molecule has 3 saturated heterocycles. The van der Waals surface area contributed by atoms with Gasteiger partial charge in [0.1, 0.15) is 61.0 Å². The van der Waals surface area contributed by atoms with Gasteiger partial charge < -0.3 is 80.1 Å². The monoisotopic (exact) mass is 573 g/mol. The van der Waals surface area contributed by atoms with Gasteiger partial charge in [0.15, 0.2) is 31.1 Å². The van der Waals surface area contributed by atoms with E-state index in [-0.39, 0.29) is 0 Å². The highest BCUT2D eigenvalue weighted by Gasteiger charge is 2.55. The van der Waals surface area contributed by atoms with E-state index >= 15 is 0 Å². The molecule has 0 saturated carbocycles. The second kappa shape index (κ2) is 12.6. The van der Waals surface area contributed by atoms with Crippen LogP contribution < -0.4 is 5.32 Å². The van der Waals surface area contributed by atoms with Gasteiger partial charge in [-0.15, -0.1) is 0 Å². The van der Waals surface area contributed by atoms with Crippen molar-refractivity contribution in [2.24, 2.45) is 0 Å². The van der Waals surface area contributed by atoms with E-state index in [1.165, 1.54) is 0 Å². The fraction of sp³-hybridized carbons (Fsp3) is 0.850. The molecule has 0 aliphatic carbocycles. The van der Waals surface area contributed by atoms with Crippen molar-refractivity contribution in [3.05, 3.63) is 0 Å². The lowest BCUT2D eigenvalue weighted by Crippen LogP contribution is -2.69. The first kappa shape index (κ1) is 31.4. The maximum absolute atomic E-state index is 11.9. The van der Waals surface area contributed by atoms with Crippen molar-refractivity contribution in [2.45, 2.75) is 99.0 Å². The molecule has 0 aromatic carbocycles. The summed E-state index contributed by atoms with van der Waals surface area (Å²) in [6.07, 6.45) is -27.6. The molecular weight excluding hydrogens is 542 g/mol. The third kappa shape index (κ3) is 6.46. The van der Waals surface area contributed by atoms with Crippen LogP contribution in [0.15, 0.2) is 0 Å². The van der Waals surface area contributed by atoms with Crippen molar-refractivity contribution in [1.82, 2.24) is 5.32 Å². The van der Waals surface area contributed by atoms with E-state index in [4.69, 9.17) is 23.7 Å². The first-order chi connectivity index (χ1) is 18.2. The van der Waals surface area contributed by atoms with Crippen molar-refractivity contribution < 1.29 is 89.1 Å². The molecule has 0 spiro atoms. The number of carboxylic acids is 2. The quantitative estimate of drug-likeness (QED) is 0.128. The molecule has 3 rings (SSSR count). The van der Waals surface area contributed by atoms with Gasteiger partial charge in [0, 0.05) is 6.92 Å². The third-order valence-electron chi connectivity index (χ3n) is 6.42. The Morgan fingerprint density at radius 2 is 1.28 bits per heavy atom. The van der Waals surface area contributed by atoms with Gasteiger partial charge >= 0.3 is 11.9 Å². The number of aliphatic hydroxyl groups is 8. The zero-order valence-electron chi connectivity index (χ0n) is 20.1. The zero-order valence-corrected chi connectivity index (χ0v) is 20.1. The second-order valence-corrected chi connectivity index (χ2v) is 9.15. The Kier molecular flexibility index (Phi) is 10.1. The van der Waals surface area contributed by atoms with Gasteiger partial charge in [-0.25, -0.2) is 9.59 Å². The molecule has 19 nitrogen and oxygen atoms in total. The molecule has 0 bridgehead atoms. The summed E-state index contributed by atoms with van der Waals surface area (Å²) in [5, 5.41) is 102. The molecule has 3 heterocycles. The molecule has 3 aliphatic rings. The topological polar surface area (TPSA) is 312 Å². The molecule has 224 valence electrons. The summed E-state index contributed by atoms with van der Waals surface area (Å²) in [6, 6.07) is -1.66. The molecule has 0 aromatic rings. The highest BCUT2D eigenvalue weighted by Crippen LogP contribution is 2.32. The summed E-state index contributed by atoms with van der Waals surface area (Å²) in [7, 11) is 0. The Labute approximate surface area is 218 Å². The molecule has 3 fully saturated rings. The van der Waals surface area contributed by atoms with E-state index in [2.05, 4.69) is 5.32 Å². The third-order valence-corrected chi connectivity index (χ3v) is 6.42. The van der Waals surface area contributed by atoms with E-state index < -0.39 is 117 Å². The van der Waals surface area contributed by atoms with Crippen LogP contribution in [0, 0.1) is 0 Å². The lowest BCUT2D eigenvalue weighted by Gasteiger charge is -2.48. The van der Waals surface area contributed by atoms with Crippen LogP contribution in [0.25, 0.3) is 0 Å². The molecule has 15 atom stereocenters. The standard InChI is InChI=1S/C20H31NO18/c1-3(23)21-5-6(24)12(37-20-11(29)7(25)8(26)14(39-20)16(30)31)4(2-22)35-19(5)38-13-9(27)10(28)18(34)36-15(13)17(32)33/h4-15,18-20,22,24-29,34H,2H2,1H3,(H,21,23)(H,30,31)(H,32,33)/t4-,5-,6-,7+,8+,9-,10-,11-,12-,13+,14+,15+,18-,19-,20-/m1/s1. The minimum atomic E-state index is -2.10. The number of aliphatic hydroxyl groups excluding tert-OH is 8. The maximum atomic E-state index is 11.9. The van der Waals surface area contributed by atoms with Crippen LogP contribution in [0.2, 0.25) is 0 Å². The van der Waals surface area contributed by atoms with Crippen LogP contribution in [-0.4, -0.2) is 168 Å². The minimum absolute atomic E-state index is 0.790. The van der Waals surface area contributed by atoms with Crippen molar-refractivity contribution >= 4 is 17.8 Å². The summed E-state index contributed by atoms with van der Waals surface area (Å²) in [4.78, 5) is 34.9. The predicted octanol–water partition coefficient (Wildman–Crippen LogP) is -7.24. The van der Waals surface area contributed by atoms with Crippen LogP contribution in [-0.2, 0) is 38.1 Å². The van der Waals surface area contributed by atoms with Gasteiger partial charge in [0.2, 0.25) is 5.91 Å². The number of carbonyl (C=O) groups is 3. The number of carbonyl (C=O) groups excluding carboxylic acids is 1. The van der Waals surface area contributed by atoms with E-state index in [0.29, 0.717) is 0 Å². The van der Waals surface area contributed by atoms with Crippen molar-refractivity contribution in [1.29, 1.82) is 0 Å². The zero-order chi connectivity index (χ0) is 29.3. The van der Waals surface area contributed by atoms with E-state index in [1.54, 1.807) is 0 Å². The molecular formula is C20H31NO18. The van der Waals surface area contributed by atoms with E-state index in [0.717, 1.165) is 6.92 Å². The smallest absolute Gasteiger partial charge is 0.335 e. The molecule has 39 heavy (non-hydrogen) atoms. The number of aliphatic carboxylic acids is 2. The Morgan fingerprint density at radius 3 is 1.82 bits per heavy atom. The van der Waals surface area contributed by atoms with E-state index in [9.17, 15) is 65.4 Å². The molecule has 1 amide bonds. The molecule has 19 heteroatoms. The number of ether oxygens (including phenoxy) is 5. The number of nitrogens with one attached hydrogen (secondary N) is 1. The Balaban J connectivity index is 1.87. The van der Waals surface area contributed by atoms with Gasteiger partial charge in [-0.3, -0.25) is 4.79 Å². The van der Waals surface area contributed by atoms with Crippen LogP contribution in [0.3, 0.4) is 0 Å². The fourth-order valence-corrected chi connectivity index (χ4v) is 4.41. The van der Waals surface area contributed by atoms with Crippen molar-refractivity contribution in [3.63, 3.8) is 0 Å². The van der Waals surface area contributed by atoms with E-state index in [1.807, 2.05) is 0 Å². The average molecular weight is 573 g/mol. The number of rotatable bonds is 8. The number of hydrogen-bond donors (Lipinski definition) is 11. The Hall–Kier alpha value is -2.11. The SMILES string of the molecule is CC(=O)N[C@H]1[C@@H](O[C@H]2[C@H](O)[C@@H](O)[C@H](O)O[C@@H]2C(=O)O)O[C@H](CO)[C@@H](O[C@@H]2O[C@H](C(=O)O)[C@@H](O)[C@H](O)[C@H]2O)[C@@H]1O. The summed E-state index contributed by atoms with van der Waals surface area (Å²) >= 11 is 0. The van der Waals surface area contributed by atoms with Gasteiger partial charge in [0.05, 0.1) is 6.61 Å². The number of hydrogen-bond acceptors (Lipinski definition) is 16. The molecule has 0 radical (unpaired) electrons. The lowest BCUT2D eigenvalue weighted by molar-refractivity contribution is -0.360. The Bertz CT molecular complexity index is 891. The number of carboxylic acid groups (broad SMARTS) is 2. The largest absolute Gasteiger partial charge is 0.479 e. The Morgan fingerprint density at radius 1 is 0.692 bits per heavy atom. The molecule has 0 aromatic heterocycles. The maximum Gasteiger partial charge on any atom is 0.335 e. The highest BCUT2D eigenvalue weighted by atomic mass is 16.7. The van der Waals surface area contributed by atoms with Crippen molar-refractivity contribution in [3.8, 4) is 0 Å². The summed E-state index contributed by atoms with van der Waals surface area (Å²) < 4.78 is 26.2. The second-order valence-electron chi connectivity index (χ2n) is 9.15. The van der Waals surface area contributed by atoms with Gasteiger partial charge in [0.25, 0.3) is 0 Å². The first-order valence-corrected chi connectivity index (χ1v) is 11.6. The summed E-state index contributed by atoms with van der Waals surface area (Å²) in [5.74, 6) is -4.24. The summed E-state index contributed by atoms with van der Waals surface area (Å²) in [5.41, 5.74) is 0. The fourth-order valence-electron chi connectivity index (χ4n) is 4.41.